The first-order chi connectivity index (χ1) is 51.8. The van der Waals surface area contributed by atoms with Crippen molar-refractivity contribution < 1.29 is 88.6 Å². The van der Waals surface area contributed by atoms with Gasteiger partial charge >= 0.3 is 6.18 Å². The molecule has 25 nitrogen and oxygen atoms in total. The Morgan fingerprint density at radius 2 is 1.22 bits per heavy atom. The number of carbonyl (C=O) groups excluding carboxylic acids is 12. The van der Waals surface area contributed by atoms with Gasteiger partial charge in [0, 0.05) is 87.9 Å². The molecular formula is C77H120Cl2F6N12O13. The summed E-state index contributed by atoms with van der Waals surface area (Å²) in [5, 5.41) is 7.73. The van der Waals surface area contributed by atoms with Crippen LogP contribution in [0.15, 0.2) is 0 Å². The zero-order valence-corrected chi connectivity index (χ0v) is 67.5. The standard InChI is InChI=1S/C77H120Cl2F6N12O13/c1-12-44(3)65-73(107)91(7)43-63(100)92(8)56-22-15-14-18-33-96(72(56)106)60(37-45-23-27-49(80)28-24-45)71(105)90(6)42-61(98)86-55(30-26-47-35-53(81)64(54(82)36-47)77(83,84)85)69(103)97-41-50(110-13-2)39-58(97)68(102)88-76(31-19-32-76)75(109)95(11)66(48-20-16-17-21-48)74(108)94(10)59(70(104)89(4)5)40-62(99)93(9)57(67(101)87-65)38-46-25-29-51(78)52(79)34-46/h44-60,64-66H,12-43H2,1-11H3,(H,86,98)(H,87,101)(H,88,102)/t44-,45?,46?,47?,49?,50+,51?,52?,53?,54?,55-,56-,57-,58-,59-,60-,64?,65-,66-/m0/s1. The fourth-order valence-electron chi connectivity index (χ4n) is 18.2. The molecule has 3 N–H and O–H groups in total. The molecular weight excluding hydrogens is 1490 g/mol. The Morgan fingerprint density at radius 1 is 0.600 bits per heavy atom. The van der Waals surface area contributed by atoms with E-state index in [-0.39, 0.29) is 94.7 Å². The van der Waals surface area contributed by atoms with Crippen LogP contribution in [0.3, 0.4) is 0 Å². The Labute approximate surface area is 654 Å². The molecule has 5 saturated carbocycles. The monoisotopic (exact) mass is 1600 g/mol. The molecule has 0 aromatic carbocycles. The van der Waals surface area contributed by atoms with E-state index in [1.807, 2.05) is 6.92 Å². The van der Waals surface area contributed by atoms with Gasteiger partial charge in [-0.2, -0.15) is 13.2 Å². The van der Waals surface area contributed by atoms with Gasteiger partial charge in [0.25, 0.3) is 0 Å². The lowest BCUT2D eigenvalue weighted by Gasteiger charge is -2.46. The summed E-state index contributed by atoms with van der Waals surface area (Å²) in [4.78, 5) is 194. The Kier molecular flexibility index (Phi) is 31.8. The molecule has 8 rings (SSSR count). The Bertz CT molecular complexity index is 3250. The highest BCUT2D eigenvalue weighted by atomic mass is 35.5. The fraction of sp³-hybridized carbons (Fsp3) is 0.844. The number of fused-ring (bicyclic) bond motifs is 3. The third-order valence-corrected chi connectivity index (χ3v) is 26.5. The van der Waals surface area contributed by atoms with Gasteiger partial charge in [-0.3, -0.25) is 57.5 Å². The van der Waals surface area contributed by atoms with Crippen LogP contribution < -0.4 is 16.0 Å². The van der Waals surface area contributed by atoms with Crippen molar-refractivity contribution in [2.24, 2.45) is 35.5 Å². The summed E-state index contributed by atoms with van der Waals surface area (Å²) in [5.41, 5.74) is -1.67. The molecule has 0 aromatic rings. The summed E-state index contributed by atoms with van der Waals surface area (Å²) in [6.07, 6.45) is -7.95. The zero-order valence-electron chi connectivity index (χ0n) is 66.0. The van der Waals surface area contributed by atoms with Crippen LogP contribution >= 0.6 is 23.2 Å². The Morgan fingerprint density at radius 3 is 1.81 bits per heavy atom. The number of alkyl halides is 8. The van der Waals surface area contributed by atoms with E-state index in [0.29, 0.717) is 89.9 Å². The molecule has 8 fully saturated rings. The number of carbonyl (C=O) groups is 12. The summed E-state index contributed by atoms with van der Waals surface area (Å²) in [7, 11) is 11.2. The van der Waals surface area contributed by atoms with Gasteiger partial charge in [0.15, 0.2) is 0 Å². The Hall–Kier alpha value is -6.24. The van der Waals surface area contributed by atoms with Crippen LogP contribution in [0.2, 0.25) is 0 Å². The second-order valence-electron chi connectivity index (χ2n) is 33.2. The minimum Gasteiger partial charge on any atom is -0.377 e. The lowest BCUT2D eigenvalue weighted by Crippen LogP contribution is -2.68. The number of likely N-dealkylation sites (N-methyl/N-ethyl adjacent to an activating group) is 7. The predicted molar refractivity (Wildman–Crippen MR) is 398 cm³/mol. The molecule has 5 unspecified atom stereocenters. The van der Waals surface area contributed by atoms with Crippen LogP contribution in [0, 0.1) is 35.5 Å². The van der Waals surface area contributed by atoms with Crippen molar-refractivity contribution in [3.05, 3.63) is 0 Å². The lowest BCUT2D eigenvalue weighted by molar-refractivity contribution is -0.219. The topological polar surface area (TPSA) is 279 Å². The van der Waals surface area contributed by atoms with Crippen LogP contribution in [0.5, 0.6) is 0 Å². The van der Waals surface area contributed by atoms with E-state index in [1.165, 1.54) is 80.9 Å². The molecule has 0 aromatic heterocycles. The molecule has 622 valence electrons. The molecule has 3 heterocycles. The molecule has 0 radical (unpaired) electrons. The van der Waals surface area contributed by atoms with Gasteiger partial charge in [0.2, 0.25) is 70.9 Å². The van der Waals surface area contributed by atoms with Crippen molar-refractivity contribution >= 4 is 94.1 Å². The molecule has 5 aliphatic carbocycles. The van der Waals surface area contributed by atoms with Crippen molar-refractivity contribution in [2.75, 3.05) is 89.2 Å². The van der Waals surface area contributed by atoms with Gasteiger partial charge in [-0.15, -0.1) is 23.2 Å². The van der Waals surface area contributed by atoms with Gasteiger partial charge in [-0.05, 0) is 165 Å². The number of ether oxygens (including phenoxy) is 1. The SMILES string of the molecule is CCO[C@@H]1C[C@H]2C(=O)NC3(CCC3)C(=O)N(C)[C@@H](C3CCCC3)C(=O)N(C)[C@H](C(=O)N(C)C)CC(=O)N(C)[C@@H](CC3CCC(Cl)C(Cl)C3)C(=O)N[C@@H]([C@@H](C)CC)C(=O)N(C)CC(=O)N(C)[C@H]3CCCCCN(C3=O)[C@@H](CC3CCC(F)CC3)C(=O)N(C)CC(=O)N[C@@H](CCC3CC(F)C(C(F)(F)F)C(F)C3)C(=O)N2C1. The molecule has 3 aliphatic heterocycles. The van der Waals surface area contributed by atoms with E-state index >= 15 is 51.9 Å². The number of nitrogens with zero attached hydrogens (tertiary/aromatic N) is 9. The number of hydrogen-bond acceptors (Lipinski definition) is 13. The smallest absolute Gasteiger partial charge is 0.377 e. The minimum absolute atomic E-state index is 0.0237. The minimum atomic E-state index is -5.19. The van der Waals surface area contributed by atoms with E-state index in [2.05, 4.69) is 16.0 Å². The molecule has 8 aliphatic rings. The number of hydrogen-bond donors (Lipinski definition) is 3. The first-order valence-electron chi connectivity index (χ1n) is 40.0. The largest absolute Gasteiger partial charge is 0.397 e. The first-order valence-corrected chi connectivity index (χ1v) is 40.9. The maximum Gasteiger partial charge on any atom is 0.397 e. The zero-order chi connectivity index (χ0) is 81.1. The van der Waals surface area contributed by atoms with Crippen LogP contribution in [-0.2, 0) is 62.3 Å². The van der Waals surface area contributed by atoms with Crippen molar-refractivity contribution in [2.45, 2.75) is 290 Å². The van der Waals surface area contributed by atoms with E-state index in [0.717, 1.165) is 19.6 Å². The van der Waals surface area contributed by atoms with Crippen molar-refractivity contribution in [3.8, 4) is 0 Å². The van der Waals surface area contributed by atoms with Crippen LogP contribution in [0.4, 0.5) is 26.3 Å². The van der Waals surface area contributed by atoms with Gasteiger partial charge in [-0.25, -0.2) is 13.2 Å². The second kappa shape index (κ2) is 39.2. The molecule has 1 spiro atoms. The Balaban J connectivity index is 1.21. The maximum absolute atomic E-state index is 15.7. The lowest BCUT2D eigenvalue weighted by atomic mass is 9.74. The third kappa shape index (κ3) is 21.6. The van der Waals surface area contributed by atoms with Gasteiger partial charge in [0.05, 0.1) is 31.0 Å². The highest BCUT2D eigenvalue weighted by molar-refractivity contribution is 6.30. The quantitative estimate of drug-likeness (QED) is 0.123. The number of rotatable bonds is 13. The summed E-state index contributed by atoms with van der Waals surface area (Å²) in [6, 6.07) is -11.0. The maximum atomic E-state index is 15.7. The summed E-state index contributed by atoms with van der Waals surface area (Å²) in [6.45, 7) is 3.74. The van der Waals surface area contributed by atoms with Gasteiger partial charge in [-0.1, -0.05) is 46.0 Å². The van der Waals surface area contributed by atoms with E-state index in [9.17, 15) is 31.9 Å². The van der Waals surface area contributed by atoms with E-state index in [4.69, 9.17) is 27.9 Å². The van der Waals surface area contributed by atoms with Crippen molar-refractivity contribution in [1.29, 1.82) is 0 Å². The normalized spacial score (nSPS) is 34.1. The second-order valence-corrected chi connectivity index (χ2v) is 34.3. The third-order valence-electron chi connectivity index (χ3n) is 25.4. The van der Waals surface area contributed by atoms with E-state index in [1.54, 1.807) is 13.8 Å². The molecule has 12 amide bonds. The average Bonchev–Trinajstić information content (AvgIpc) is 1.25. The average molecular weight is 1610 g/mol. The van der Waals surface area contributed by atoms with Crippen LogP contribution in [0.25, 0.3) is 0 Å². The van der Waals surface area contributed by atoms with Crippen molar-refractivity contribution in [3.63, 3.8) is 0 Å². The first kappa shape index (κ1) is 89.3. The van der Waals surface area contributed by atoms with Crippen LogP contribution in [-0.4, -0.2) is 300 Å². The molecule has 2 bridgehead atoms. The molecule has 15 atom stereocenters. The number of halogens is 8. The number of nitrogens with one attached hydrogen (secondary N) is 3. The highest BCUT2D eigenvalue weighted by Gasteiger charge is 2.56. The summed E-state index contributed by atoms with van der Waals surface area (Å²) >= 11 is 13.4. The van der Waals surface area contributed by atoms with Gasteiger partial charge < -0.3 is 64.8 Å². The summed E-state index contributed by atoms with van der Waals surface area (Å²) < 4.78 is 93.8. The number of amides is 12. The summed E-state index contributed by atoms with van der Waals surface area (Å²) in [5.74, 6) is -14.4. The highest BCUT2D eigenvalue weighted by Crippen LogP contribution is 2.45. The fourth-order valence-corrected chi connectivity index (χ4v) is 18.8. The van der Waals surface area contributed by atoms with E-state index < -0.39 is 223 Å². The van der Waals surface area contributed by atoms with Gasteiger partial charge in [0.1, 0.15) is 78.3 Å². The molecule has 110 heavy (non-hydrogen) atoms. The predicted octanol–water partition coefficient (Wildman–Crippen LogP) is 7.09. The van der Waals surface area contributed by atoms with Crippen LogP contribution in [0.1, 0.15) is 194 Å². The van der Waals surface area contributed by atoms with Crippen molar-refractivity contribution in [1.82, 2.24) is 60.0 Å². The molecule has 33 heteroatoms. The molecule has 3 saturated heterocycles.